The standard InChI is InChI=1S/C14H16N2O3S/c1-9-15-12(8-20-9)10-3-4-11(7-10)14(19)16(2)6-5-13(17)18/h3,7-8H,4-6H2,1-2H3,(H,17,18). The Morgan fingerprint density at radius 1 is 1.50 bits per heavy atom. The molecule has 20 heavy (non-hydrogen) atoms. The molecule has 0 atom stereocenters. The highest BCUT2D eigenvalue weighted by atomic mass is 32.1. The van der Waals surface area contributed by atoms with Crippen LogP contribution < -0.4 is 0 Å². The van der Waals surface area contributed by atoms with Gasteiger partial charge in [0.1, 0.15) is 0 Å². The number of hydrogen-bond donors (Lipinski definition) is 1. The number of likely N-dealkylation sites (N-methyl/N-ethyl adjacent to an activating group) is 1. The van der Waals surface area contributed by atoms with Gasteiger partial charge in [-0.1, -0.05) is 6.08 Å². The molecule has 1 amide bonds. The summed E-state index contributed by atoms with van der Waals surface area (Å²) in [7, 11) is 1.62. The van der Waals surface area contributed by atoms with E-state index in [0.29, 0.717) is 12.0 Å². The van der Waals surface area contributed by atoms with Crippen LogP contribution in [0.5, 0.6) is 0 Å². The second-order valence-electron chi connectivity index (χ2n) is 4.66. The normalized spacial score (nSPS) is 13.9. The first kappa shape index (κ1) is 14.5. The van der Waals surface area contributed by atoms with Gasteiger partial charge in [-0.15, -0.1) is 11.3 Å². The van der Waals surface area contributed by atoms with Gasteiger partial charge in [-0.05, 0) is 25.0 Å². The number of nitrogens with zero attached hydrogens (tertiary/aromatic N) is 2. The van der Waals surface area contributed by atoms with Crippen LogP contribution in [0.2, 0.25) is 0 Å². The monoisotopic (exact) mass is 292 g/mol. The van der Waals surface area contributed by atoms with Crippen molar-refractivity contribution in [2.75, 3.05) is 13.6 Å². The second-order valence-corrected chi connectivity index (χ2v) is 5.72. The molecule has 1 aromatic heterocycles. The molecule has 0 aromatic carbocycles. The summed E-state index contributed by atoms with van der Waals surface area (Å²) < 4.78 is 0. The second kappa shape index (κ2) is 6.00. The number of carboxylic acid groups (broad SMARTS) is 1. The molecule has 1 aliphatic rings. The summed E-state index contributed by atoms with van der Waals surface area (Å²) in [4.78, 5) is 28.5. The van der Waals surface area contributed by atoms with E-state index in [9.17, 15) is 9.59 Å². The molecule has 1 heterocycles. The van der Waals surface area contributed by atoms with Crippen LogP contribution in [0.25, 0.3) is 5.57 Å². The van der Waals surface area contributed by atoms with E-state index in [2.05, 4.69) is 4.98 Å². The average Bonchev–Trinajstić information content (AvgIpc) is 3.03. The van der Waals surface area contributed by atoms with Crippen LogP contribution in [-0.4, -0.2) is 40.5 Å². The van der Waals surface area contributed by atoms with Crippen molar-refractivity contribution in [3.63, 3.8) is 0 Å². The molecule has 0 radical (unpaired) electrons. The number of amides is 1. The maximum absolute atomic E-state index is 12.2. The van der Waals surface area contributed by atoms with E-state index in [1.54, 1.807) is 18.4 Å². The Labute approximate surface area is 121 Å². The highest BCUT2D eigenvalue weighted by Gasteiger charge is 2.19. The fourth-order valence-electron chi connectivity index (χ4n) is 1.96. The van der Waals surface area contributed by atoms with E-state index in [1.807, 2.05) is 24.5 Å². The maximum atomic E-state index is 12.2. The van der Waals surface area contributed by atoms with E-state index in [0.717, 1.165) is 16.3 Å². The van der Waals surface area contributed by atoms with Gasteiger partial charge in [0.05, 0.1) is 17.1 Å². The number of thiazole rings is 1. The summed E-state index contributed by atoms with van der Waals surface area (Å²) in [6.07, 6.45) is 4.35. The Morgan fingerprint density at radius 2 is 2.25 bits per heavy atom. The third kappa shape index (κ3) is 3.33. The zero-order valence-electron chi connectivity index (χ0n) is 11.4. The largest absolute Gasteiger partial charge is 0.481 e. The molecule has 1 N–H and O–H groups in total. The molecule has 1 aliphatic carbocycles. The maximum Gasteiger partial charge on any atom is 0.305 e. The molecule has 0 saturated heterocycles. The van der Waals surface area contributed by atoms with E-state index in [1.165, 1.54) is 4.90 Å². The molecule has 2 rings (SSSR count). The van der Waals surface area contributed by atoms with Crippen LogP contribution in [0.4, 0.5) is 0 Å². The van der Waals surface area contributed by atoms with Crippen LogP contribution >= 0.6 is 11.3 Å². The minimum Gasteiger partial charge on any atom is -0.481 e. The zero-order valence-corrected chi connectivity index (χ0v) is 12.2. The van der Waals surface area contributed by atoms with E-state index < -0.39 is 5.97 Å². The first-order valence-corrected chi connectivity index (χ1v) is 7.16. The quantitative estimate of drug-likeness (QED) is 0.902. The molecule has 0 spiro atoms. The van der Waals surface area contributed by atoms with Crippen LogP contribution in [0, 0.1) is 6.92 Å². The van der Waals surface area contributed by atoms with Gasteiger partial charge in [-0.25, -0.2) is 4.98 Å². The first-order valence-electron chi connectivity index (χ1n) is 6.28. The molecule has 0 bridgehead atoms. The number of carboxylic acids is 1. The third-order valence-electron chi connectivity index (χ3n) is 3.07. The smallest absolute Gasteiger partial charge is 0.305 e. The lowest BCUT2D eigenvalue weighted by atomic mass is 10.2. The van der Waals surface area contributed by atoms with Crippen LogP contribution in [-0.2, 0) is 9.59 Å². The number of hydrogen-bond acceptors (Lipinski definition) is 4. The van der Waals surface area contributed by atoms with Gasteiger partial charge in [-0.2, -0.15) is 0 Å². The number of carbonyl (C=O) groups is 2. The van der Waals surface area contributed by atoms with Crippen molar-refractivity contribution in [2.45, 2.75) is 19.8 Å². The molecular formula is C14H16N2O3S. The van der Waals surface area contributed by atoms with Gasteiger partial charge >= 0.3 is 5.97 Å². The van der Waals surface area contributed by atoms with E-state index in [4.69, 9.17) is 5.11 Å². The molecular weight excluding hydrogens is 276 g/mol. The zero-order chi connectivity index (χ0) is 14.7. The molecule has 0 saturated carbocycles. The lowest BCUT2D eigenvalue weighted by Crippen LogP contribution is -2.29. The van der Waals surface area contributed by atoms with Crippen LogP contribution in [0.15, 0.2) is 23.1 Å². The fraction of sp³-hybridized carbons (Fsp3) is 0.357. The molecule has 6 heteroatoms. The van der Waals surface area contributed by atoms with Crippen molar-refractivity contribution in [1.29, 1.82) is 0 Å². The summed E-state index contributed by atoms with van der Waals surface area (Å²) in [5, 5.41) is 11.6. The van der Waals surface area contributed by atoms with Crippen molar-refractivity contribution in [1.82, 2.24) is 9.88 Å². The SMILES string of the molecule is Cc1nc(C2=CCC(C(=O)N(C)CCC(=O)O)=C2)cs1. The van der Waals surface area contributed by atoms with E-state index in [-0.39, 0.29) is 18.9 Å². The van der Waals surface area contributed by atoms with Gasteiger partial charge < -0.3 is 10.0 Å². The number of carbonyl (C=O) groups excluding carboxylic acids is 1. The van der Waals surface area contributed by atoms with Crippen molar-refractivity contribution < 1.29 is 14.7 Å². The van der Waals surface area contributed by atoms with Gasteiger partial charge in [0.15, 0.2) is 0 Å². The highest BCUT2D eigenvalue weighted by molar-refractivity contribution is 7.09. The Hall–Kier alpha value is -1.95. The number of aryl methyl sites for hydroxylation is 1. The summed E-state index contributed by atoms with van der Waals surface area (Å²) in [5.74, 6) is -1.02. The Bertz CT molecular complexity index is 601. The molecule has 5 nitrogen and oxygen atoms in total. The minimum atomic E-state index is -0.901. The fourth-order valence-corrected chi connectivity index (χ4v) is 2.58. The molecule has 0 fully saturated rings. The predicted octanol–water partition coefficient (Wildman–Crippen LogP) is 2.10. The minimum absolute atomic E-state index is 0.0406. The van der Waals surface area contributed by atoms with Gasteiger partial charge in [0, 0.05) is 24.5 Å². The summed E-state index contributed by atoms with van der Waals surface area (Å²) >= 11 is 1.58. The lowest BCUT2D eigenvalue weighted by molar-refractivity contribution is -0.137. The van der Waals surface area contributed by atoms with Crippen molar-refractivity contribution >= 4 is 28.8 Å². The number of aliphatic carboxylic acids is 1. The van der Waals surface area contributed by atoms with Gasteiger partial charge in [0.2, 0.25) is 5.91 Å². The number of aromatic nitrogens is 1. The predicted molar refractivity (Wildman–Crippen MR) is 77.4 cm³/mol. The third-order valence-corrected chi connectivity index (χ3v) is 3.84. The summed E-state index contributed by atoms with van der Waals surface area (Å²) in [6.45, 7) is 2.16. The van der Waals surface area contributed by atoms with Crippen LogP contribution in [0.1, 0.15) is 23.5 Å². The van der Waals surface area contributed by atoms with Crippen molar-refractivity contribution in [3.05, 3.63) is 33.8 Å². The van der Waals surface area contributed by atoms with Gasteiger partial charge in [-0.3, -0.25) is 9.59 Å². The Morgan fingerprint density at radius 3 is 2.85 bits per heavy atom. The summed E-state index contributed by atoms with van der Waals surface area (Å²) in [6, 6.07) is 0. The van der Waals surface area contributed by atoms with Crippen molar-refractivity contribution in [2.24, 2.45) is 0 Å². The van der Waals surface area contributed by atoms with Crippen molar-refractivity contribution in [3.8, 4) is 0 Å². The molecule has 106 valence electrons. The topological polar surface area (TPSA) is 70.5 Å². The number of allylic oxidation sites excluding steroid dienone is 3. The summed E-state index contributed by atoms with van der Waals surface area (Å²) in [5.41, 5.74) is 2.53. The molecule has 0 aliphatic heterocycles. The lowest BCUT2D eigenvalue weighted by Gasteiger charge is -2.16. The Kier molecular flexibility index (Phi) is 4.34. The average molecular weight is 292 g/mol. The van der Waals surface area contributed by atoms with E-state index >= 15 is 0 Å². The van der Waals surface area contributed by atoms with Gasteiger partial charge in [0.25, 0.3) is 0 Å². The molecule has 1 aromatic rings. The Balaban J connectivity index is 2.01. The first-order chi connectivity index (χ1) is 9.47. The highest BCUT2D eigenvalue weighted by Crippen LogP contribution is 2.27. The number of rotatable bonds is 5. The van der Waals surface area contributed by atoms with Crippen LogP contribution in [0.3, 0.4) is 0 Å². The molecule has 0 unspecified atom stereocenters.